The van der Waals surface area contributed by atoms with Crippen LogP contribution in [-0.4, -0.2) is 15.9 Å². The van der Waals surface area contributed by atoms with Crippen LogP contribution in [0.1, 0.15) is 49.3 Å². The maximum absolute atomic E-state index is 13.4. The molecule has 6 heteroatoms. The Balaban J connectivity index is 1.59. The lowest BCUT2D eigenvalue weighted by Gasteiger charge is -2.23. The quantitative estimate of drug-likeness (QED) is 0.595. The maximum atomic E-state index is 13.4. The molecule has 4 nitrogen and oxygen atoms in total. The summed E-state index contributed by atoms with van der Waals surface area (Å²) in [7, 11) is 0. The van der Waals surface area contributed by atoms with Gasteiger partial charge in [0.2, 0.25) is 5.91 Å². The van der Waals surface area contributed by atoms with Crippen LogP contribution < -0.4 is 5.32 Å². The molecule has 0 bridgehead atoms. The van der Waals surface area contributed by atoms with Crippen LogP contribution in [0.3, 0.4) is 0 Å². The standard InChI is InChI=1S/C24H23F2N3O/c25-19-12-11-16(13-20(19)26)14-22(30)29-24-23(18-9-5-2-6-10-18)28-21(15-27-24)17-7-3-1-4-8-17/h1,3-4,7-8,11-13,15,18H,2,5-6,9-10,14H2,(H,27,29,30). The lowest BCUT2D eigenvalue weighted by atomic mass is 9.86. The molecule has 0 unspecified atom stereocenters. The Morgan fingerprint density at radius 3 is 2.50 bits per heavy atom. The number of benzene rings is 2. The smallest absolute Gasteiger partial charge is 0.229 e. The summed E-state index contributed by atoms with van der Waals surface area (Å²) in [6, 6.07) is 13.3. The Morgan fingerprint density at radius 2 is 1.77 bits per heavy atom. The summed E-state index contributed by atoms with van der Waals surface area (Å²) in [5.41, 5.74) is 2.95. The highest BCUT2D eigenvalue weighted by Gasteiger charge is 2.23. The molecule has 1 fully saturated rings. The Hall–Kier alpha value is -3.15. The summed E-state index contributed by atoms with van der Waals surface area (Å²) in [5.74, 6) is -1.53. The molecule has 1 heterocycles. The molecule has 30 heavy (non-hydrogen) atoms. The summed E-state index contributed by atoms with van der Waals surface area (Å²) < 4.78 is 26.6. The van der Waals surface area contributed by atoms with Crippen molar-refractivity contribution in [3.05, 3.63) is 77.6 Å². The van der Waals surface area contributed by atoms with Crippen molar-refractivity contribution in [1.82, 2.24) is 9.97 Å². The van der Waals surface area contributed by atoms with Crippen LogP contribution >= 0.6 is 0 Å². The van der Waals surface area contributed by atoms with Gasteiger partial charge in [-0.05, 0) is 30.5 Å². The molecule has 154 valence electrons. The fourth-order valence-electron chi connectivity index (χ4n) is 3.92. The monoisotopic (exact) mass is 407 g/mol. The van der Waals surface area contributed by atoms with Gasteiger partial charge in [0.25, 0.3) is 0 Å². The first-order valence-electron chi connectivity index (χ1n) is 10.3. The van der Waals surface area contributed by atoms with Crippen LogP contribution in [-0.2, 0) is 11.2 Å². The van der Waals surface area contributed by atoms with Crippen molar-refractivity contribution in [2.24, 2.45) is 0 Å². The topological polar surface area (TPSA) is 54.9 Å². The molecule has 1 amide bonds. The van der Waals surface area contributed by atoms with Crippen molar-refractivity contribution in [2.75, 3.05) is 5.32 Å². The minimum absolute atomic E-state index is 0.0660. The molecular weight excluding hydrogens is 384 g/mol. The minimum atomic E-state index is -0.963. The average molecular weight is 407 g/mol. The van der Waals surface area contributed by atoms with Crippen molar-refractivity contribution < 1.29 is 13.6 Å². The summed E-state index contributed by atoms with van der Waals surface area (Å²) in [6.45, 7) is 0. The molecule has 4 rings (SSSR count). The van der Waals surface area contributed by atoms with Gasteiger partial charge in [-0.25, -0.2) is 18.7 Å². The van der Waals surface area contributed by atoms with E-state index in [0.29, 0.717) is 11.4 Å². The molecule has 2 aromatic carbocycles. The highest BCUT2D eigenvalue weighted by atomic mass is 19.2. The van der Waals surface area contributed by atoms with Crippen LogP contribution in [0, 0.1) is 11.6 Å². The summed E-state index contributed by atoms with van der Waals surface area (Å²) in [5, 5.41) is 2.84. The van der Waals surface area contributed by atoms with Crippen molar-refractivity contribution >= 4 is 11.7 Å². The van der Waals surface area contributed by atoms with Gasteiger partial charge in [0.1, 0.15) is 0 Å². The zero-order valence-electron chi connectivity index (χ0n) is 16.6. The molecule has 1 saturated carbocycles. The van der Waals surface area contributed by atoms with Gasteiger partial charge >= 0.3 is 0 Å². The number of nitrogens with zero attached hydrogens (tertiary/aromatic N) is 2. The van der Waals surface area contributed by atoms with Gasteiger partial charge in [0.15, 0.2) is 17.5 Å². The molecule has 1 N–H and O–H groups in total. The molecule has 0 aliphatic heterocycles. The third-order valence-electron chi connectivity index (χ3n) is 5.47. The number of amides is 1. The largest absolute Gasteiger partial charge is 0.309 e. The maximum Gasteiger partial charge on any atom is 0.229 e. The van der Waals surface area contributed by atoms with Crippen LogP contribution in [0.4, 0.5) is 14.6 Å². The number of rotatable bonds is 5. The second-order valence-corrected chi connectivity index (χ2v) is 7.66. The number of carbonyl (C=O) groups excluding carboxylic acids is 1. The van der Waals surface area contributed by atoms with Crippen molar-refractivity contribution in [1.29, 1.82) is 0 Å². The van der Waals surface area contributed by atoms with Gasteiger partial charge in [-0.15, -0.1) is 0 Å². The van der Waals surface area contributed by atoms with E-state index in [2.05, 4.69) is 10.3 Å². The van der Waals surface area contributed by atoms with Crippen LogP contribution in [0.25, 0.3) is 11.3 Å². The Labute approximate surface area is 174 Å². The van der Waals surface area contributed by atoms with E-state index in [1.165, 1.54) is 12.5 Å². The van der Waals surface area contributed by atoms with Crippen molar-refractivity contribution in [3.8, 4) is 11.3 Å². The van der Waals surface area contributed by atoms with Crippen LogP contribution in [0.2, 0.25) is 0 Å². The van der Waals surface area contributed by atoms with Crippen LogP contribution in [0.5, 0.6) is 0 Å². The second-order valence-electron chi connectivity index (χ2n) is 7.66. The zero-order chi connectivity index (χ0) is 20.9. The van der Waals surface area contributed by atoms with E-state index in [1.54, 1.807) is 6.20 Å². The van der Waals surface area contributed by atoms with E-state index < -0.39 is 11.6 Å². The number of aromatic nitrogens is 2. The first-order chi connectivity index (χ1) is 14.6. The van der Waals surface area contributed by atoms with Gasteiger partial charge in [-0.1, -0.05) is 55.7 Å². The fourth-order valence-corrected chi connectivity index (χ4v) is 3.92. The Morgan fingerprint density at radius 1 is 1.00 bits per heavy atom. The van der Waals surface area contributed by atoms with Gasteiger partial charge in [0, 0.05) is 11.5 Å². The zero-order valence-corrected chi connectivity index (χ0v) is 16.6. The predicted octanol–water partition coefficient (Wildman–Crippen LogP) is 5.65. The SMILES string of the molecule is O=C(Cc1ccc(F)c(F)c1)Nc1ncc(-c2ccccc2)nc1C1CCCCC1. The van der Waals surface area contributed by atoms with Crippen LogP contribution in [0.15, 0.2) is 54.7 Å². The Kier molecular flexibility index (Phi) is 6.12. The Bertz CT molecular complexity index is 1030. The number of halogens is 2. The summed E-state index contributed by atoms with van der Waals surface area (Å²) in [4.78, 5) is 22.0. The molecule has 0 radical (unpaired) electrons. The minimum Gasteiger partial charge on any atom is -0.309 e. The van der Waals surface area contributed by atoms with Gasteiger partial charge in [-0.3, -0.25) is 4.79 Å². The first-order valence-corrected chi connectivity index (χ1v) is 10.3. The van der Waals surface area contributed by atoms with E-state index in [1.807, 2.05) is 30.3 Å². The molecular formula is C24H23F2N3O. The molecule has 1 aromatic heterocycles. The number of carbonyl (C=O) groups is 1. The molecule has 0 saturated heterocycles. The summed E-state index contributed by atoms with van der Waals surface area (Å²) >= 11 is 0. The molecule has 1 aliphatic rings. The van der Waals surface area contributed by atoms with E-state index in [-0.39, 0.29) is 18.2 Å². The number of hydrogen-bond acceptors (Lipinski definition) is 3. The molecule has 3 aromatic rings. The average Bonchev–Trinajstić information content (AvgIpc) is 2.78. The summed E-state index contributed by atoms with van der Waals surface area (Å²) in [6.07, 6.45) is 7.09. The normalized spacial score (nSPS) is 14.5. The van der Waals surface area contributed by atoms with Crippen molar-refractivity contribution in [2.45, 2.75) is 44.4 Å². The van der Waals surface area contributed by atoms with Gasteiger partial charge in [-0.2, -0.15) is 0 Å². The van der Waals surface area contributed by atoms with Gasteiger partial charge < -0.3 is 5.32 Å². The van der Waals surface area contributed by atoms with E-state index in [4.69, 9.17) is 4.98 Å². The molecule has 0 atom stereocenters. The van der Waals surface area contributed by atoms with Gasteiger partial charge in [0.05, 0.1) is 24.0 Å². The van der Waals surface area contributed by atoms with E-state index in [9.17, 15) is 13.6 Å². The lowest BCUT2D eigenvalue weighted by molar-refractivity contribution is -0.115. The number of hydrogen-bond donors (Lipinski definition) is 1. The van der Waals surface area contributed by atoms with Crippen molar-refractivity contribution in [3.63, 3.8) is 0 Å². The third-order valence-corrected chi connectivity index (χ3v) is 5.47. The highest BCUT2D eigenvalue weighted by Crippen LogP contribution is 2.35. The fraction of sp³-hybridized carbons (Fsp3) is 0.292. The first kappa shape index (κ1) is 20.1. The number of anilines is 1. The lowest BCUT2D eigenvalue weighted by Crippen LogP contribution is -2.19. The highest BCUT2D eigenvalue weighted by molar-refractivity contribution is 5.92. The number of nitrogens with one attached hydrogen (secondary N) is 1. The second kappa shape index (κ2) is 9.11. The molecule has 1 aliphatic carbocycles. The molecule has 0 spiro atoms. The van der Waals surface area contributed by atoms with E-state index in [0.717, 1.165) is 54.8 Å². The third kappa shape index (κ3) is 4.70. The van der Waals surface area contributed by atoms with E-state index >= 15 is 0 Å². The predicted molar refractivity (Wildman–Crippen MR) is 112 cm³/mol.